The van der Waals surface area contributed by atoms with Gasteiger partial charge < -0.3 is 26.4 Å². The van der Waals surface area contributed by atoms with E-state index < -0.39 is 46.7 Å². The number of carbonyl (C=O) groups is 5. The highest BCUT2D eigenvalue weighted by Gasteiger charge is 2.65. The summed E-state index contributed by atoms with van der Waals surface area (Å²) in [5.74, 6) is -4.01. The molecule has 1 saturated heterocycles. The van der Waals surface area contributed by atoms with Gasteiger partial charge in [-0.25, -0.2) is 4.79 Å². The SMILES string of the molecule is C=CNC(C(C)=O)(C(=O)O)C(Cc1ccccc1)(c1ccccc1)N(C(=O)[C@H](C)NC(=O)C1CCCN1C(=O)CN)c1cccnc1. The van der Waals surface area contributed by atoms with Crippen molar-refractivity contribution in [2.24, 2.45) is 5.73 Å². The van der Waals surface area contributed by atoms with Crippen molar-refractivity contribution in [1.29, 1.82) is 0 Å². The zero-order valence-corrected chi connectivity index (χ0v) is 26.5. The number of benzene rings is 2. The summed E-state index contributed by atoms with van der Waals surface area (Å²) in [6.45, 7) is 6.43. The number of anilines is 1. The maximum Gasteiger partial charge on any atom is 0.340 e. The minimum absolute atomic E-state index is 0.159. The lowest BCUT2D eigenvalue weighted by atomic mass is 9.65. The van der Waals surface area contributed by atoms with Crippen LogP contribution in [0.1, 0.15) is 37.8 Å². The summed E-state index contributed by atoms with van der Waals surface area (Å²) >= 11 is 0. The van der Waals surface area contributed by atoms with Gasteiger partial charge in [0.05, 0.1) is 18.4 Å². The molecule has 0 spiro atoms. The maximum atomic E-state index is 15.0. The van der Waals surface area contributed by atoms with Crippen molar-refractivity contribution in [2.45, 2.75) is 56.3 Å². The Kier molecular flexibility index (Phi) is 10.9. The van der Waals surface area contributed by atoms with Crippen LogP contribution in [0, 0.1) is 0 Å². The summed E-state index contributed by atoms with van der Waals surface area (Å²) in [5.41, 5.74) is 2.17. The van der Waals surface area contributed by atoms with Crippen LogP contribution in [0.5, 0.6) is 0 Å². The summed E-state index contributed by atoms with van der Waals surface area (Å²) in [6.07, 6.45) is 4.84. The molecule has 3 aromatic rings. The van der Waals surface area contributed by atoms with Crippen LogP contribution in [0.3, 0.4) is 0 Å². The molecular formula is C35H40N6O6. The molecule has 4 rings (SSSR count). The fourth-order valence-electron chi connectivity index (χ4n) is 6.53. The predicted molar refractivity (Wildman–Crippen MR) is 176 cm³/mol. The van der Waals surface area contributed by atoms with Gasteiger partial charge >= 0.3 is 5.97 Å². The van der Waals surface area contributed by atoms with Gasteiger partial charge in [-0.05, 0) is 56.1 Å². The third kappa shape index (κ3) is 6.50. The summed E-state index contributed by atoms with van der Waals surface area (Å²) in [4.78, 5) is 75.5. The smallest absolute Gasteiger partial charge is 0.340 e. The molecule has 2 aromatic carbocycles. The van der Waals surface area contributed by atoms with Crippen molar-refractivity contribution in [3.63, 3.8) is 0 Å². The summed E-state index contributed by atoms with van der Waals surface area (Å²) in [7, 11) is 0. The number of rotatable bonds is 14. The van der Waals surface area contributed by atoms with E-state index in [0.717, 1.165) is 13.1 Å². The third-order valence-corrected chi connectivity index (χ3v) is 8.63. The number of carbonyl (C=O) groups excluding carboxylic acids is 4. The number of nitrogens with one attached hydrogen (secondary N) is 2. The van der Waals surface area contributed by atoms with Crippen LogP contribution in [-0.2, 0) is 35.9 Å². The van der Waals surface area contributed by atoms with Gasteiger partial charge in [0.2, 0.25) is 23.3 Å². The number of nitrogens with zero attached hydrogens (tertiary/aromatic N) is 3. The predicted octanol–water partition coefficient (Wildman–Crippen LogP) is 2.15. The van der Waals surface area contributed by atoms with Crippen molar-refractivity contribution in [2.75, 3.05) is 18.0 Å². The largest absolute Gasteiger partial charge is 0.479 e. The molecule has 1 aliphatic rings. The molecule has 246 valence electrons. The van der Waals surface area contributed by atoms with Gasteiger partial charge in [-0.1, -0.05) is 67.2 Å². The summed E-state index contributed by atoms with van der Waals surface area (Å²) < 4.78 is 0. The van der Waals surface area contributed by atoms with Gasteiger partial charge in [-0.15, -0.1) is 0 Å². The fourth-order valence-corrected chi connectivity index (χ4v) is 6.53. The van der Waals surface area contributed by atoms with Crippen LogP contribution >= 0.6 is 0 Å². The van der Waals surface area contributed by atoms with Gasteiger partial charge in [0.15, 0.2) is 5.78 Å². The van der Waals surface area contributed by atoms with Crippen molar-refractivity contribution in [1.82, 2.24) is 20.5 Å². The van der Waals surface area contributed by atoms with E-state index in [9.17, 15) is 29.1 Å². The molecule has 3 unspecified atom stereocenters. The van der Waals surface area contributed by atoms with Crippen molar-refractivity contribution in [3.8, 4) is 0 Å². The number of aliphatic carboxylic acids is 1. The van der Waals surface area contributed by atoms with E-state index in [4.69, 9.17) is 5.73 Å². The molecule has 0 radical (unpaired) electrons. The summed E-state index contributed by atoms with van der Waals surface area (Å²) in [6, 6.07) is 18.4. The van der Waals surface area contributed by atoms with Crippen molar-refractivity contribution >= 4 is 35.2 Å². The fraction of sp³-hybridized carbons (Fsp3) is 0.314. The number of carboxylic acids is 1. The van der Waals surface area contributed by atoms with Crippen LogP contribution in [0.2, 0.25) is 0 Å². The second-order valence-electron chi connectivity index (χ2n) is 11.4. The molecule has 3 amide bonds. The van der Waals surface area contributed by atoms with Crippen LogP contribution in [0.25, 0.3) is 0 Å². The monoisotopic (exact) mass is 640 g/mol. The number of hydrogen-bond acceptors (Lipinski definition) is 8. The van der Waals surface area contributed by atoms with E-state index >= 15 is 0 Å². The minimum atomic E-state index is -2.50. The highest BCUT2D eigenvalue weighted by Crippen LogP contribution is 2.46. The van der Waals surface area contributed by atoms with E-state index in [1.54, 1.807) is 72.8 Å². The third-order valence-electron chi connectivity index (χ3n) is 8.63. The Balaban J connectivity index is 2.01. The number of carboxylic acid groups (broad SMARTS) is 1. The lowest BCUT2D eigenvalue weighted by molar-refractivity contribution is -0.154. The number of pyridine rings is 1. The molecule has 4 atom stereocenters. The van der Waals surface area contributed by atoms with Crippen LogP contribution in [0.4, 0.5) is 5.69 Å². The van der Waals surface area contributed by atoms with E-state index in [0.29, 0.717) is 30.5 Å². The maximum absolute atomic E-state index is 15.0. The van der Waals surface area contributed by atoms with Gasteiger partial charge in [0.1, 0.15) is 17.6 Å². The Morgan fingerprint density at radius 2 is 1.74 bits per heavy atom. The Hall–Kier alpha value is -5.36. The quantitative estimate of drug-likeness (QED) is 0.193. The normalized spacial score (nSPS) is 17.3. The molecule has 1 aliphatic heterocycles. The molecule has 2 heterocycles. The Morgan fingerprint density at radius 1 is 1.09 bits per heavy atom. The standard InChI is InChI=1S/C35H40N6O6/c1-4-38-35(25(3)42,33(46)47)34(27-15-9-6-10-16-27,21-26-13-7-5-8-14-26)41(28-17-11-19-37-23-28)32(45)24(2)39-31(44)29-18-12-20-40(29)30(43)22-36/h4-11,13-17,19,23-24,29,38H,1,12,18,20-22,36H2,2-3H3,(H,39,44)(H,46,47)/t24-,29?,34?,35?/m0/s1. The zero-order chi connectivity index (χ0) is 34.2. The van der Waals surface area contributed by atoms with E-state index in [1.165, 1.54) is 29.1 Å². The first kappa shape index (κ1) is 34.5. The number of ketones is 1. The number of nitrogens with two attached hydrogens (primary N) is 1. The molecule has 1 fully saturated rings. The summed E-state index contributed by atoms with van der Waals surface area (Å²) in [5, 5.41) is 16.6. The van der Waals surface area contributed by atoms with Crippen molar-refractivity contribution < 1.29 is 29.1 Å². The van der Waals surface area contributed by atoms with Gasteiger partial charge in [-0.2, -0.15) is 0 Å². The molecule has 5 N–H and O–H groups in total. The van der Waals surface area contributed by atoms with Crippen molar-refractivity contribution in [3.05, 3.63) is 109 Å². The molecule has 12 nitrogen and oxygen atoms in total. The second kappa shape index (κ2) is 14.8. The zero-order valence-electron chi connectivity index (χ0n) is 26.5. The Bertz CT molecular complexity index is 1590. The van der Waals surface area contributed by atoms with Gasteiger partial charge in [0, 0.05) is 19.2 Å². The minimum Gasteiger partial charge on any atom is -0.479 e. The average molecular weight is 641 g/mol. The topological polar surface area (TPSA) is 175 Å². The highest BCUT2D eigenvalue weighted by atomic mass is 16.4. The average Bonchev–Trinajstić information content (AvgIpc) is 3.58. The first-order valence-corrected chi connectivity index (χ1v) is 15.3. The van der Waals surface area contributed by atoms with E-state index in [2.05, 4.69) is 22.2 Å². The number of aromatic nitrogens is 1. The number of amides is 3. The van der Waals surface area contributed by atoms with Crippen LogP contribution in [-0.4, -0.2) is 75.2 Å². The molecule has 1 aromatic heterocycles. The molecule has 47 heavy (non-hydrogen) atoms. The first-order valence-electron chi connectivity index (χ1n) is 15.3. The molecule has 0 aliphatic carbocycles. The molecule has 0 bridgehead atoms. The molecule has 0 saturated carbocycles. The number of Topliss-reactive ketones (excluding diaryl/α,β-unsaturated/α-hetero) is 1. The molecular weight excluding hydrogens is 600 g/mol. The van der Waals surface area contributed by atoms with Gasteiger partial charge in [0.25, 0.3) is 0 Å². The van der Waals surface area contributed by atoms with E-state index in [-0.39, 0.29) is 24.6 Å². The lowest BCUT2D eigenvalue weighted by Gasteiger charge is -2.53. The van der Waals surface area contributed by atoms with Crippen LogP contribution < -0.4 is 21.3 Å². The highest BCUT2D eigenvalue weighted by molar-refractivity contribution is 6.12. The van der Waals surface area contributed by atoms with Gasteiger partial charge in [-0.3, -0.25) is 29.1 Å². The Labute approximate surface area is 273 Å². The molecule has 12 heteroatoms. The second-order valence-corrected chi connectivity index (χ2v) is 11.4. The Morgan fingerprint density at radius 3 is 2.30 bits per heavy atom. The number of hydrogen-bond donors (Lipinski definition) is 4. The first-order chi connectivity index (χ1) is 22.5. The number of likely N-dealkylation sites (tertiary alicyclic amines) is 1. The van der Waals surface area contributed by atoms with Crippen LogP contribution in [0.15, 0.2) is 98.0 Å². The lowest BCUT2D eigenvalue weighted by Crippen LogP contribution is -2.76. The van der Waals surface area contributed by atoms with E-state index in [1.807, 2.05) is 0 Å².